The van der Waals surface area contributed by atoms with E-state index in [2.05, 4.69) is 0 Å². The Morgan fingerprint density at radius 1 is 0.970 bits per heavy atom. The van der Waals surface area contributed by atoms with Crippen molar-refractivity contribution in [1.82, 2.24) is 0 Å². The van der Waals surface area contributed by atoms with Gasteiger partial charge in [-0.2, -0.15) is 0 Å². The number of benzene rings is 3. The standard InChI is InChI=1S/C26H30ClNO4.ClH/c1-2-26(28,17-20(30)13-14-29)24-12-11-23(16-25(24)27)32-22-10-6-9-21(15-22)31-18-19-7-4-3-5-8-19;/h3-12,15-16,20,29-30H,2,13-14,17-18,28H2,1H3;1H. The van der Waals surface area contributed by atoms with Gasteiger partial charge in [-0.15, -0.1) is 12.4 Å². The fraction of sp³-hybridized carbons (Fsp3) is 0.308. The Morgan fingerprint density at radius 2 is 1.67 bits per heavy atom. The van der Waals surface area contributed by atoms with Gasteiger partial charge in [0.2, 0.25) is 0 Å². The summed E-state index contributed by atoms with van der Waals surface area (Å²) in [5.41, 5.74) is 7.61. The van der Waals surface area contributed by atoms with Crippen molar-refractivity contribution in [2.45, 2.75) is 44.4 Å². The summed E-state index contributed by atoms with van der Waals surface area (Å²) in [6.07, 6.45) is 0.483. The number of ether oxygens (including phenoxy) is 2. The summed E-state index contributed by atoms with van der Waals surface area (Å²) < 4.78 is 11.9. The number of hydrogen-bond donors (Lipinski definition) is 3. The first kappa shape index (κ1) is 27.0. The first-order valence-corrected chi connectivity index (χ1v) is 11.1. The zero-order chi connectivity index (χ0) is 23.0. The lowest BCUT2D eigenvalue weighted by Crippen LogP contribution is -2.40. The van der Waals surface area contributed by atoms with Crippen LogP contribution in [0.1, 0.15) is 37.3 Å². The van der Waals surface area contributed by atoms with E-state index in [1.54, 1.807) is 6.07 Å². The molecule has 2 unspecified atom stereocenters. The summed E-state index contributed by atoms with van der Waals surface area (Å²) >= 11 is 6.55. The van der Waals surface area contributed by atoms with Gasteiger partial charge in [0.1, 0.15) is 23.9 Å². The maximum atomic E-state index is 10.1. The molecule has 0 fully saturated rings. The molecule has 0 amide bonds. The van der Waals surface area contributed by atoms with E-state index in [1.165, 1.54) is 0 Å². The second-order valence-electron chi connectivity index (χ2n) is 7.87. The van der Waals surface area contributed by atoms with Crippen molar-refractivity contribution in [3.8, 4) is 17.2 Å². The zero-order valence-electron chi connectivity index (χ0n) is 18.6. The summed E-state index contributed by atoms with van der Waals surface area (Å²) in [5, 5.41) is 19.7. The summed E-state index contributed by atoms with van der Waals surface area (Å²) in [5.74, 6) is 1.92. The molecule has 0 saturated carbocycles. The Balaban J connectivity index is 0.00000385. The summed E-state index contributed by atoms with van der Waals surface area (Å²) in [4.78, 5) is 0. The molecule has 0 heterocycles. The predicted molar refractivity (Wildman–Crippen MR) is 134 cm³/mol. The molecule has 3 aromatic rings. The molecule has 0 radical (unpaired) electrons. The highest BCUT2D eigenvalue weighted by molar-refractivity contribution is 6.31. The summed E-state index contributed by atoms with van der Waals surface area (Å²) in [7, 11) is 0. The SMILES string of the molecule is CCC(N)(CC(O)CCO)c1ccc(Oc2cccc(OCc3ccccc3)c2)cc1Cl.Cl. The zero-order valence-corrected chi connectivity index (χ0v) is 20.2. The molecule has 3 rings (SSSR count). The molecule has 0 bridgehead atoms. The Bertz CT molecular complexity index is 1000. The van der Waals surface area contributed by atoms with Crippen molar-refractivity contribution in [3.05, 3.63) is 88.9 Å². The van der Waals surface area contributed by atoms with Crippen LogP contribution in [-0.4, -0.2) is 22.9 Å². The van der Waals surface area contributed by atoms with Crippen molar-refractivity contribution in [1.29, 1.82) is 0 Å². The lowest BCUT2D eigenvalue weighted by molar-refractivity contribution is 0.0984. The number of nitrogens with two attached hydrogens (primary N) is 1. The van der Waals surface area contributed by atoms with Gasteiger partial charge in [-0.3, -0.25) is 0 Å². The molecule has 0 aliphatic heterocycles. The molecule has 0 spiro atoms. The molecule has 5 nitrogen and oxygen atoms in total. The van der Waals surface area contributed by atoms with E-state index >= 15 is 0 Å². The van der Waals surface area contributed by atoms with Crippen LogP contribution in [-0.2, 0) is 12.1 Å². The minimum atomic E-state index is -0.796. The topological polar surface area (TPSA) is 84.9 Å². The third kappa shape index (κ3) is 7.63. The van der Waals surface area contributed by atoms with Crippen LogP contribution in [0.15, 0.2) is 72.8 Å². The maximum absolute atomic E-state index is 10.1. The quantitative estimate of drug-likeness (QED) is 0.314. The van der Waals surface area contributed by atoms with Crippen molar-refractivity contribution in [2.24, 2.45) is 5.73 Å². The highest BCUT2D eigenvalue weighted by atomic mass is 35.5. The lowest BCUT2D eigenvalue weighted by Gasteiger charge is -2.32. The first-order chi connectivity index (χ1) is 15.4. The van der Waals surface area contributed by atoms with E-state index in [-0.39, 0.29) is 25.4 Å². The normalized spacial score (nSPS) is 13.5. The van der Waals surface area contributed by atoms with Gasteiger partial charge in [-0.25, -0.2) is 0 Å². The van der Waals surface area contributed by atoms with E-state index in [0.717, 1.165) is 11.1 Å². The molecule has 0 aliphatic rings. The van der Waals surface area contributed by atoms with E-state index in [1.807, 2.05) is 73.7 Å². The van der Waals surface area contributed by atoms with Gasteiger partial charge < -0.3 is 25.4 Å². The van der Waals surface area contributed by atoms with Crippen LogP contribution in [0.25, 0.3) is 0 Å². The van der Waals surface area contributed by atoms with Gasteiger partial charge >= 0.3 is 0 Å². The molecule has 0 aliphatic carbocycles. The van der Waals surface area contributed by atoms with Gasteiger partial charge in [0.25, 0.3) is 0 Å². The number of aliphatic hydroxyl groups is 2. The van der Waals surface area contributed by atoms with Gasteiger partial charge in [-0.05, 0) is 54.7 Å². The van der Waals surface area contributed by atoms with Crippen LogP contribution in [0.2, 0.25) is 5.02 Å². The lowest BCUT2D eigenvalue weighted by atomic mass is 9.82. The van der Waals surface area contributed by atoms with Crippen LogP contribution in [0, 0.1) is 0 Å². The predicted octanol–water partition coefficient (Wildman–Crippen LogP) is 5.83. The third-order valence-corrected chi connectivity index (χ3v) is 5.77. The summed E-state index contributed by atoms with van der Waals surface area (Å²) in [6.45, 7) is 2.34. The van der Waals surface area contributed by atoms with Crippen LogP contribution >= 0.6 is 24.0 Å². The molecular weight excluding hydrogens is 461 g/mol. The molecule has 178 valence electrons. The van der Waals surface area contributed by atoms with Crippen molar-refractivity contribution >= 4 is 24.0 Å². The molecule has 7 heteroatoms. The smallest absolute Gasteiger partial charge is 0.131 e. The van der Waals surface area contributed by atoms with Crippen LogP contribution in [0.5, 0.6) is 17.2 Å². The number of aliphatic hydroxyl groups excluding tert-OH is 2. The number of halogens is 2. The second-order valence-corrected chi connectivity index (χ2v) is 8.28. The summed E-state index contributed by atoms with van der Waals surface area (Å²) in [6, 6.07) is 22.8. The van der Waals surface area contributed by atoms with Crippen molar-refractivity contribution in [2.75, 3.05) is 6.61 Å². The molecule has 33 heavy (non-hydrogen) atoms. The highest BCUT2D eigenvalue weighted by Crippen LogP contribution is 2.36. The fourth-order valence-electron chi connectivity index (χ4n) is 3.58. The average Bonchev–Trinajstić information content (AvgIpc) is 2.79. The Kier molecular flexibility index (Phi) is 10.5. The van der Waals surface area contributed by atoms with E-state index in [4.69, 9.17) is 31.9 Å². The van der Waals surface area contributed by atoms with Gasteiger partial charge in [0.15, 0.2) is 0 Å². The number of hydrogen-bond acceptors (Lipinski definition) is 5. The van der Waals surface area contributed by atoms with Gasteiger partial charge in [-0.1, -0.05) is 61.0 Å². The average molecular weight is 492 g/mol. The third-order valence-electron chi connectivity index (χ3n) is 5.46. The minimum absolute atomic E-state index is 0. The van der Waals surface area contributed by atoms with Gasteiger partial charge in [0, 0.05) is 23.2 Å². The molecular formula is C26H31Cl2NO4. The molecule has 3 aromatic carbocycles. The second kappa shape index (κ2) is 12.8. The van der Waals surface area contributed by atoms with Crippen LogP contribution in [0.3, 0.4) is 0 Å². The monoisotopic (exact) mass is 491 g/mol. The van der Waals surface area contributed by atoms with Crippen LogP contribution in [0.4, 0.5) is 0 Å². The van der Waals surface area contributed by atoms with E-state index in [0.29, 0.717) is 41.7 Å². The van der Waals surface area contributed by atoms with E-state index in [9.17, 15) is 5.11 Å². The Hall–Kier alpha value is -2.28. The largest absolute Gasteiger partial charge is 0.489 e. The first-order valence-electron chi connectivity index (χ1n) is 10.8. The molecule has 2 atom stereocenters. The van der Waals surface area contributed by atoms with Crippen LogP contribution < -0.4 is 15.2 Å². The molecule has 0 aromatic heterocycles. The van der Waals surface area contributed by atoms with Crippen molar-refractivity contribution in [3.63, 3.8) is 0 Å². The Labute approximate surface area is 206 Å². The van der Waals surface area contributed by atoms with E-state index < -0.39 is 11.6 Å². The van der Waals surface area contributed by atoms with Crippen molar-refractivity contribution < 1.29 is 19.7 Å². The fourth-order valence-corrected chi connectivity index (χ4v) is 3.94. The van der Waals surface area contributed by atoms with Gasteiger partial charge in [0.05, 0.1) is 6.10 Å². The Morgan fingerprint density at radius 3 is 2.33 bits per heavy atom. The number of rotatable bonds is 11. The molecule has 4 N–H and O–H groups in total. The minimum Gasteiger partial charge on any atom is -0.489 e. The highest BCUT2D eigenvalue weighted by Gasteiger charge is 2.30. The molecule has 0 saturated heterocycles. The maximum Gasteiger partial charge on any atom is 0.131 e.